The summed E-state index contributed by atoms with van der Waals surface area (Å²) in [6, 6.07) is 0. The maximum atomic E-state index is 13.8. The van der Waals surface area contributed by atoms with Gasteiger partial charge in [0.15, 0.2) is 11.6 Å². The van der Waals surface area contributed by atoms with Gasteiger partial charge in [-0.3, -0.25) is 9.59 Å². The number of hydrogen-bond acceptors (Lipinski definition) is 13. The summed E-state index contributed by atoms with van der Waals surface area (Å²) in [7, 11) is 2.78. The van der Waals surface area contributed by atoms with Crippen LogP contribution in [-0.2, 0) is 42.9 Å². The normalized spacial score (nSPS) is 34.9. The summed E-state index contributed by atoms with van der Waals surface area (Å²) in [5.41, 5.74) is 1.45. The molecule has 0 aromatic rings. The van der Waals surface area contributed by atoms with Crippen LogP contribution < -0.4 is 5.32 Å². The van der Waals surface area contributed by atoms with Crippen molar-refractivity contribution < 1.29 is 63.3 Å². The lowest BCUT2D eigenvalue weighted by molar-refractivity contribution is -0.314. The van der Waals surface area contributed by atoms with E-state index in [0.717, 1.165) is 17.7 Å². The topological polar surface area (TPSA) is 207 Å². The van der Waals surface area contributed by atoms with Crippen molar-refractivity contribution in [3.8, 4) is 0 Å². The van der Waals surface area contributed by atoms with Crippen molar-refractivity contribution in [1.29, 1.82) is 0 Å². The fourth-order valence-corrected chi connectivity index (χ4v) is 7.71. The van der Waals surface area contributed by atoms with Crippen molar-refractivity contribution in [3.05, 3.63) is 95.2 Å². The number of Topliss-reactive ketones (excluding diaryl/α,β-unsaturated/α-hetero) is 1. The van der Waals surface area contributed by atoms with Gasteiger partial charge in [0, 0.05) is 62.2 Å². The third-order valence-corrected chi connectivity index (χ3v) is 11.5. The Bertz CT molecular complexity index is 1790. The Morgan fingerprint density at radius 1 is 1.07 bits per heavy atom. The van der Waals surface area contributed by atoms with Crippen molar-refractivity contribution in [1.82, 2.24) is 5.32 Å². The van der Waals surface area contributed by atoms with Crippen molar-refractivity contribution in [2.24, 2.45) is 29.6 Å². The van der Waals surface area contributed by atoms with Gasteiger partial charge < -0.3 is 49.4 Å². The summed E-state index contributed by atoms with van der Waals surface area (Å²) in [5.74, 6) is -8.21. The second-order valence-corrected chi connectivity index (χ2v) is 16.2. The molecule has 0 spiro atoms. The van der Waals surface area contributed by atoms with Crippen LogP contribution in [-0.4, -0.2) is 101 Å². The van der Waals surface area contributed by atoms with Crippen LogP contribution in [0.1, 0.15) is 81.1 Å². The second-order valence-electron chi connectivity index (χ2n) is 16.2. The predicted molar refractivity (Wildman–Crippen MR) is 224 cm³/mol. The van der Waals surface area contributed by atoms with Crippen LogP contribution in [0.25, 0.3) is 0 Å². The van der Waals surface area contributed by atoms with E-state index in [1.165, 1.54) is 20.3 Å². The first-order valence-electron chi connectivity index (χ1n) is 20.5. The maximum Gasteiger partial charge on any atom is 0.373 e. The number of aliphatic hydroxyl groups is 4. The number of cyclic esters (lactones) is 1. The molecule has 1 fully saturated rings. The van der Waals surface area contributed by atoms with Crippen LogP contribution in [0, 0.1) is 29.6 Å². The van der Waals surface area contributed by atoms with Crippen molar-refractivity contribution in [3.63, 3.8) is 0 Å². The highest BCUT2D eigenvalue weighted by Gasteiger charge is 2.52. The maximum absolute atomic E-state index is 13.8. The van der Waals surface area contributed by atoms with Crippen molar-refractivity contribution in [2.45, 2.75) is 123 Å². The molecule has 3 aliphatic rings. The van der Waals surface area contributed by atoms with Crippen LogP contribution in [0.5, 0.6) is 0 Å². The minimum Gasteiger partial charge on any atom is -0.510 e. The van der Waals surface area contributed by atoms with Gasteiger partial charge in [-0.15, -0.1) is 0 Å². The van der Waals surface area contributed by atoms with Crippen LogP contribution in [0.4, 0.5) is 0 Å². The lowest BCUT2D eigenvalue weighted by atomic mass is 9.77. The summed E-state index contributed by atoms with van der Waals surface area (Å²) >= 11 is 0. The number of esters is 2. The molecule has 0 aromatic heterocycles. The summed E-state index contributed by atoms with van der Waals surface area (Å²) in [5, 5.41) is 47.5. The Morgan fingerprint density at radius 2 is 1.77 bits per heavy atom. The van der Waals surface area contributed by atoms with Gasteiger partial charge in [0.25, 0.3) is 0 Å². The molecule has 5 N–H and O–H groups in total. The third kappa shape index (κ3) is 13.5. The lowest BCUT2D eigenvalue weighted by Gasteiger charge is -2.48. The standard InChI is InChI=1S/C46H65NO13/c1-11-12-13-16-35-30(6)38(58-40(51)21-20-39(50)47-41-33(48)18-19-34(41)49)25-46(55,60-35)32(8)43(53)31(7)44-36(56-9)17-14-15-26(2)22-28(4)42(52)29(5)23-27(3)24-37(57-10)45(54)59-44/h11-17,20-21,23-24,28-32,35-36,38,42-44,48,52-53,55H,18-19,22,25H2,1-10H3,(H,47,50)/b12-11+,16-13+,17-14+,21-20+,26-15+,27-23+,37-24-/t28-,29?,30+,31-,32-,35+,36-,38+,42-,43+,44+,46+/m0/s1. The number of ether oxygens (including phenoxy) is 5. The fourth-order valence-electron chi connectivity index (χ4n) is 7.71. The van der Waals surface area contributed by atoms with Gasteiger partial charge in [-0.25, -0.2) is 9.59 Å². The quantitative estimate of drug-likeness (QED) is 0.0933. The molecule has 1 unspecified atom stereocenters. The van der Waals surface area contributed by atoms with E-state index >= 15 is 0 Å². The largest absolute Gasteiger partial charge is 0.510 e. The van der Waals surface area contributed by atoms with Gasteiger partial charge in [0.1, 0.15) is 29.8 Å². The molecule has 12 atom stereocenters. The molecular formula is C46H65NO13. The van der Waals surface area contributed by atoms with E-state index < -0.39 is 83.8 Å². The average molecular weight is 840 g/mol. The number of carbonyl (C=O) groups excluding carboxylic acids is 4. The fraction of sp³-hybridized carbons (Fsp3) is 0.565. The zero-order valence-electron chi connectivity index (χ0n) is 36.5. The van der Waals surface area contributed by atoms with Crippen LogP contribution >= 0.6 is 0 Å². The Balaban J connectivity index is 1.96. The summed E-state index contributed by atoms with van der Waals surface area (Å²) < 4.78 is 29.4. The molecule has 14 nitrogen and oxygen atoms in total. The average Bonchev–Trinajstić information content (AvgIpc) is 3.52. The van der Waals surface area contributed by atoms with Gasteiger partial charge in [-0.2, -0.15) is 0 Å². The lowest BCUT2D eigenvalue weighted by Crippen LogP contribution is -2.58. The molecule has 1 amide bonds. The number of hydrogen-bond donors (Lipinski definition) is 5. The number of rotatable bonds is 12. The number of nitrogens with one attached hydrogen (secondary N) is 1. The number of ketones is 1. The van der Waals surface area contributed by atoms with Crippen LogP contribution in [0.3, 0.4) is 0 Å². The zero-order valence-corrected chi connectivity index (χ0v) is 36.5. The van der Waals surface area contributed by atoms with E-state index in [-0.39, 0.29) is 48.3 Å². The molecule has 2 heterocycles. The number of aliphatic hydroxyl groups excluding tert-OH is 3. The minimum atomic E-state index is -2.10. The summed E-state index contributed by atoms with van der Waals surface area (Å²) in [4.78, 5) is 51.3. The highest BCUT2D eigenvalue weighted by Crippen LogP contribution is 2.41. The van der Waals surface area contributed by atoms with E-state index in [2.05, 4.69) is 5.32 Å². The summed E-state index contributed by atoms with van der Waals surface area (Å²) in [6.45, 7) is 14.5. The van der Waals surface area contributed by atoms with E-state index in [4.69, 9.17) is 23.7 Å². The van der Waals surface area contributed by atoms with Crippen LogP contribution in [0.15, 0.2) is 95.2 Å². The van der Waals surface area contributed by atoms with Gasteiger partial charge in [0.05, 0.1) is 25.4 Å². The molecule has 1 aliphatic carbocycles. The third-order valence-electron chi connectivity index (χ3n) is 11.5. The smallest absolute Gasteiger partial charge is 0.373 e. The SMILES string of the molecule is C/C=C/C=C/[C@H]1O[C@@](O)([C@@H](C)[C@H](O)[C@H](C)[C@H]2OC(=O)/C(OC)=C/C(C)=C/C(C)[C@@H](O)[C@@H](C)C/C(C)=C/C=C/[C@@H]2OC)C[C@@H](OC(=O)/C=C/C(=O)NC2=C(O)CCC2=O)[C@@H]1C. The number of allylic oxidation sites excluding steroid dienone is 10. The molecule has 0 radical (unpaired) electrons. The molecule has 332 valence electrons. The first kappa shape index (κ1) is 49.8. The summed E-state index contributed by atoms with van der Waals surface area (Å²) in [6.07, 6.45) is 12.2. The van der Waals surface area contributed by atoms with Crippen molar-refractivity contribution in [2.75, 3.05) is 14.2 Å². The molecular weight excluding hydrogens is 774 g/mol. The van der Waals surface area contributed by atoms with Gasteiger partial charge in [0.2, 0.25) is 11.7 Å². The van der Waals surface area contributed by atoms with E-state index in [0.29, 0.717) is 12.0 Å². The Morgan fingerprint density at radius 3 is 2.38 bits per heavy atom. The minimum absolute atomic E-state index is 0.0655. The predicted octanol–water partition coefficient (Wildman–Crippen LogP) is 5.52. The number of methoxy groups -OCH3 is 2. The molecule has 60 heavy (non-hydrogen) atoms. The van der Waals surface area contributed by atoms with Crippen LogP contribution in [0.2, 0.25) is 0 Å². The molecule has 2 aliphatic heterocycles. The molecule has 1 saturated heterocycles. The molecule has 3 rings (SSSR count). The Kier molecular flexibility index (Phi) is 18.9. The Labute approximate surface area is 354 Å². The zero-order chi connectivity index (χ0) is 44.9. The van der Waals surface area contributed by atoms with E-state index in [1.807, 2.05) is 39.8 Å². The molecule has 0 aromatic carbocycles. The molecule has 0 saturated carbocycles. The second kappa shape index (κ2) is 22.8. The monoisotopic (exact) mass is 839 g/mol. The Hall–Kier alpha value is -4.60. The molecule has 0 bridgehead atoms. The first-order chi connectivity index (χ1) is 28.3. The molecule has 14 heteroatoms. The number of carbonyl (C=O) groups is 4. The highest BCUT2D eigenvalue weighted by atomic mass is 16.6. The van der Waals surface area contributed by atoms with Gasteiger partial charge >= 0.3 is 11.9 Å². The van der Waals surface area contributed by atoms with Gasteiger partial charge in [-0.05, 0) is 39.2 Å². The van der Waals surface area contributed by atoms with E-state index in [1.54, 1.807) is 64.2 Å². The van der Waals surface area contributed by atoms with Crippen molar-refractivity contribution >= 4 is 23.6 Å². The van der Waals surface area contributed by atoms with Gasteiger partial charge in [-0.1, -0.05) is 94.4 Å². The first-order valence-corrected chi connectivity index (χ1v) is 20.5. The highest BCUT2D eigenvalue weighted by molar-refractivity contribution is 6.04. The van der Waals surface area contributed by atoms with E-state index in [9.17, 15) is 39.6 Å². The number of amides is 1.